The summed E-state index contributed by atoms with van der Waals surface area (Å²) in [7, 11) is 0. The lowest BCUT2D eigenvalue weighted by atomic mass is 10.1. The van der Waals surface area contributed by atoms with E-state index in [-0.39, 0.29) is 0 Å². The van der Waals surface area contributed by atoms with Crippen LogP contribution in [-0.4, -0.2) is 47.3 Å². The van der Waals surface area contributed by atoms with E-state index in [0.717, 1.165) is 36.1 Å². The van der Waals surface area contributed by atoms with Crippen LogP contribution in [0, 0.1) is 17.5 Å². The van der Waals surface area contributed by atoms with Crippen LogP contribution in [0.15, 0.2) is 36.4 Å². The second-order valence-electron chi connectivity index (χ2n) is 6.54. The highest BCUT2D eigenvalue weighted by Gasteiger charge is 2.39. The lowest BCUT2D eigenvalue weighted by Crippen LogP contribution is -2.61. The average Bonchev–Trinajstić information content (AvgIpc) is 2.67. The van der Waals surface area contributed by atoms with Crippen LogP contribution < -0.4 is 9.64 Å². The summed E-state index contributed by atoms with van der Waals surface area (Å²) in [4.78, 5) is 39.2. The van der Waals surface area contributed by atoms with Gasteiger partial charge in [0.15, 0.2) is 5.82 Å². The number of anilines is 1. The fourth-order valence-electron chi connectivity index (χ4n) is 2.92. The molecule has 0 atom stereocenters. The number of imide groups is 1. The van der Waals surface area contributed by atoms with Gasteiger partial charge in [-0.15, -0.1) is 13.2 Å². The van der Waals surface area contributed by atoms with Gasteiger partial charge in [-0.05, 0) is 24.3 Å². The number of amides is 4. The Morgan fingerprint density at radius 2 is 1.59 bits per heavy atom. The van der Waals surface area contributed by atoms with Crippen molar-refractivity contribution in [1.29, 1.82) is 0 Å². The van der Waals surface area contributed by atoms with E-state index in [1.807, 2.05) is 0 Å². The summed E-state index contributed by atoms with van der Waals surface area (Å²) in [6, 6.07) is 3.14. The van der Waals surface area contributed by atoms with Gasteiger partial charge in [-0.1, -0.05) is 6.07 Å². The van der Waals surface area contributed by atoms with Crippen molar-refractivity contribution >= 4 is 23.5 Å². The molecule has 170 valence electrons. The van der Waals surface area contributed by atoms with Gasteiger partial charge in [-0.25, -0.2) is 22.9 Å². The first-order valence-corrected chi connectivity index (χ1v) is 8.77. The molecule has 1 aliphatic heterocycles. The molecule has 0 unspecified atom stereocenters. The van der Waals surface area contributed by atoms with E-state index in [1.165, 1.54) is 0 Å². The van der Waals surface area contributed by atoms with Crippen LogP contribution in [0.1, 0.15) is 17.3 Å². The Morgan fingerprint density at radius 3 is 2.12 bits per heavy atom. The quantitative estimate of drug-likeness (QED) is 0.652. The van der Waals surface area contributed by atoms with Crippen molar-refractivity contribution in [1.82, 2.24) is 9.80 Å². The highest BCUT2D eigenvalue weighted by molar-refractivity contribution is 6.10. The minimum atomic E-state index is -5.09. The molecule has 0 radical (unpaired) electrons. The molecule has 1 fully saturated rings. The highest BCUT2D eigenvalue weighted by atomic mass is 19.4. The minimum Gasteiger partial charge on any atom is -0.406 e. The van der Waals surface area contributed by atoms with Crippen LogP contribution in [0.2, 0.25) is 0 Å². The van der Waals surface area contributed by atoms with Crippen LogP contribution in [0.25, 0.3) is 0 Å². The zero-order chi connectivity index (χ0) is 23.8. The van der Waals surface area contributed by atoms with Gasteiger partial charge < -0.3 is 9.64 Å². The fourth-order valence-corrected chi connectivity index (χ4v) is 2.92. The number of benzene rings is 2. The highest BCUT2D eigenvalue weighted by Crippen LogP contribution is 2.30. The number of ether oxygens (including phenoxy) is 1. The van der Waals surface area contributed by atoms with Gasteiger partial charge in [0.05, 0.1) is 5.69 Å². The minimum absolute atomic E-state index is 0.311. The number of carbonyl (C=O) groups is 3. The van der Waals surface area contributed by atoms with Gasteiger partial charge in [0.1, 0.15) is 36.3 Å². The van der Waals surface area contributed by atoms with E-state index in [1.54, 1.807) is 0 Å². The maximum Gasteiger partial charge on any atom is 0.573 e. The molecule has 1 heterocycles. The molecular formula is C19H13F6N3O4. The molecule has 0 spiro atoms. The van der Waals surface area contributed by atoms with Gasteiger partial charge in [0.25, 0.3) is 5.91 Å². The molecule has 1 saturated heterocycles. The fraction of sp³-hybridized carbons (Fsp3) is 0.211. The second kappa shape index (κ2) is 8.40. The first kappa shape index (κ1) is 22.9. The SMILES string of the molecule is CC(=O)N1CN(C(=O)c2c(F)cccc2F)C(=O)N(c2ccc(OC(F)(F)F)cc2F)C1. The summed E-state index contributed by atoms with van der Waals surface area (Å²) in [6.07, 6.45) is -5.09. The molecule has 32 heavy (non-hydrogen) atoms. The molecular weight excluding hydrogens is 448 g/mol. The van der Waals surface area contributed by atoms with Crippen molar-refractivity contribution in [2.24, 2.45) is 0 Å². The Kier molecular flexibility index (Phi) is 6.01. The average molecular weight is 461 g/mol. The predicted octanol–water partition coefficient (Wildman–Crippen LogP) is 3.85. The molecule has 0 bridgehead atoms. The molecule has 0 N–H and O–H groups in total. The van der Waals surface area contributed by atoms with Gasteiger partial charge in [0.2, 0.25) is 5.91 Å². The predicted molar refractivity (Wildman–Crippen MR) is 95.7 cm³/mol. The van der Waals surface area contributed by atoms with Crippen molar-refractivity contribution in [3.8, 4) is 5.75 Å². The zero-order valence-electron chi connectivity index (χ0n) is 16.1. The Labute approximate surface area is 176 Å². The number of nitrogens with zero attached hydrogens (tertiary/aromatic N) is 3. The molecule has 13 heteroatoms. The number of carbonyl (C=O) groups excluding carboxylic acids is 3. The van der Waals surface area contributed by atoms with E-state index < -0.39 is 72.0 Å². The summed E-state index contributed by atoms with van der Waals surface area (Å²) >= 11 is 0. The van der Waals surface area contributed by atoms with Crippen LogP contribution in [-0.2, 0) is 4.79 Å². The Hall–Kier alpha value is -3.77. The van der Waals surface area contributed by atoms with Crippen molar-refractivity contribution in [2.75, 3.05) is 18.2 Å². The molecule has 3 rings (SSSR count). The third-order valence-electron chi connectivity index (χ3n) is 4.40. The third-order valence-corrected chi connectivity index (χ3v) is 4.40. The monoisotopic (exact) mass is 461 g/mol. The molecule has 7 nitrogen and oxygen atoms in total. The summed E-state index contributed by atoms with van der Waals surface area (Å²) in [5.74, 6) is -6.89. The second-order valence-corrected chi connectivity index (χ2v) is 6.54. The zero-order valence-corrected chi connectivity index (χ0v) is 16.1. The molecule has 2 aromatic carbocycles. The normalized spacial score (nSPS) is 14.6. The Morgan fingerprint density at radius 1 is 0.969 bits per heavy atom. The number of halogens is 6. The maximum absolute atomic E-state index is 14.5. The number of urea groups is 1. The first-order chi connectivity index (χ1) is 14.9. The number of hydrogen-bond donors (Lipinski definition) is 0. The largest absolute Gasteiger partial charge is 0.573 e. The van der Waals surface area contributed by atoms with E-state index in [4.69, 9.17) is 0 Å². The van der Waals surface area contributed by atoms with E-state index in [2.05, 4.69) is 4.74 Å². The van der Waals surface area contributed by atoms with Gasteiger partial charge >= 0.3 is 12.4 Å². The number of rotatable bonds is 3. The van der Waals surface area contributed by atoms with Crippen molar-refractivity contribution in [3.63, 3.8) is 0 Å². The van der Waals surface area contributed by atoms with Gasteiger partial charge in [0, 0.05) is 13.0 Å². The molecule has 0 saturated carbocycles. The lowest BCUT2D eigenvalue weighted by molar-refractivity contribution is -0.274. The molecule has 1 aliphatic rings. The van der Waals surface area contributed by atoms with Crippen molar-refractivity contribution in [3.05, 3.63) is 59.4 Å². The third kappa shape index (κ3) is 4.60. The van der Waals surface area contributed by atoms with Crippen molar-refractivity contribution < 1.29 is 45.5 Å². The van der Waals surface area contributed by atoms with Crippen molar-refractivity contribution in [2.45, 2.75) is 13.3 Å². The topological polar surface area (TPSA) is 70.2 Å². The van der Waals surface area contributed by atoms with Crippen LogP contribution in [0.3, 0.4) is 0 Å². The summed E-state index contributed by atoms with van der Waals surface area (Å²) in [5.41, 5.74) is -1.66. The first-order valence-electron chi connectivity index (χ1n) is 8.77. The lowest BCUT2D eigenvalue weighted by Gasteiger charge is -2.40. The van der Waals surface area contributed by atoms with Crippen LogP contribution in [0.5, 0.6) is 5.75 Å². The number of alkyl halides is 3. The summed E-state index contributed by atoms with van der Waals surface area (Å²) in [5, 5.41) is 0. The standard InChI is InChI=1S/C19H13F6N3O4/c1-10(29)26-8-27(15-6-5-11(7-14(15)22)32-19(23,24)25)18(31)28(9-26)17(30)16-12(20)3-2-4-13(16)21/h2-7H,8-9H2,1H3. The Bertz CT molecular complexity index is 1070. The summed E-state index contributed by atoms with van der Waals surface area (Å²) in [6.45, 7) is -0.195. The molecule has 4 amide bonds. The maximum atomic E-state index is 14.5. The van der Waals surface area contributed by atoms with E-state index in [9.17, 15) is 40.7 Å². The Balaban J connectivity index is 1.99. The van der Waals surface area contributed by atoms with E-state index in [0.29, 0.717) is 21.9 Å². The molecule has 0 aromatic heterocycles. The number of hydrogen-bond acceptors (Lipinski definition) is 4. The molecule has 0 aliphatic carbocycles. The molecule has 2 aromatic rings. The summed E-state index contributed by atoms with van der Waals surface area (Å²) < 4.78 is 83.2. The van der Waals surface area contributed by atoms with Crippen LogP contribution in [0.4, 0.5) is 36.8 Å². The van der Waals surface area contributed by atoms with E-state index >= 15 is 0 Å². The smallest absolute Gasteiger partial charge is 0.406 e. The van der Waals surface area contributed by atoms with Gasteiger partial charge in [-0.2, -0.15) is 0 Å². The van der Waals surface area contributed by atoms with Crippen LogP contribution >= 0.6 is 0 Å². The van der Waals surface area contributed by atoms with Gasteiger partial charge in [-0.3, -0.25) is 14.5 Å².